The van der Waals surface area contributed by atoms with Crippen LogP contribution in [0.2, 0.25) is 0 Å². The quantitative estimate of drug-likeness (QED) is 0.107. The van der Waals surface area contributed by atoms with Crippen molar-refractivity contribution in [3.63, 3.8) is 0 Å². The molecule has 1 amide bonds. The Bertz CT molecular complexity index is 1570. The molecule has 1 fully saturated rings. The summed E-state index contributed by atoms with van der Waals surface area (Å²) >= 11 is 0. The van der Waals surface area contributed by atoms with Crippen LogP contribution in [0.5, 0.6) is 5.75 Å². The Labute approximate surface area is 280 Å². The Morgan fingerprint density at radius 3 is 2.52 bits per heavy atom. The van der Waals surface area contributed by atoms with Crippen LogP contribution in [0.3, 0.4) is 0 Å². The second-order valence-electron chi connectivity index (χ2n) is 12.2. The summed E-state index contributed by atoms with van der Waals surface area (Å²) in [5.41, 5.74) is 0.469. The van der Waals surface area contributed by atoms with Gasteiger partial charge in [0.1, 0.15) is 5.82 Å². The third-order valence-electron chi connectivity index (χ3n) is 7.49. The maximum atomic E-state index is 14.3. The third kappa shape index (κ3) is 11.0. The van der Waals surface area contributed by atoms with Crippen LogP contribution in [0.1, 0.15) is 77.5 Å². The number of allylic oxidation sites excluding steroid dienone is 1. The first-order valence-corrected chi connectivity index (χ1v) is 15.7. The van der Waals surface area contributed by atoms with Crippen molar-refractivity contribution in [1.82, 2.24) is 10.2 Å². The first kappa shape index (κ1) is 37.9. The van der Waals surface area contributed by atoms with E-state index in [2.05, 4.69) is 5.32 Å². The Morgan fingerprint density at radius 2 is 1.92 bits per heavy atom. The number of hydrogen-bond acceptors (Lipinski definition) is 7. The van der Waals surface area contributed by atoms with Crippen LogP contribution >= 0.6 is 0 Å². The number of ether oxygens (including phenoxy) is 2. The van der Waals surface area contributed by atoms with Crippen LogP contribution in [0.4, 0.5) is 22.4 Å². The van der Waals surface area contributed by atoms with E-state index in [1.54, 1.807) is 64.3 Å². The summed E-state index contributed by atoms with van der Waals surface area (Å²) in [6, 6.07) is 9.16. The summed E-state index contributed by atoms with van der Waals surface area (Å²) in [6.45, 7) is 11.2. The molecule has 0 aliphatic carbocycles. The van der Waals surface area contributed by atoms with E-state index in [4.69, 9.17) is 24.4 Å². The van der Waals surface area contributed by atoms with E-state index in [1.165, 1.54) is 24.3 Å². The van der Waals surface area contributed by atoms with Crippen LogP contribution in [0.25, 0.3) is 11.8 Å². The van der Waals surface area contributed by atoms with E-state index in [0.717, 1.165) is 19.6 Å². The molecule has 256 valence electrons. The number of hydrogen-bond donors (Lipinski definition) is 1. The van der Waals surface area contributed by atoms with Gasteiger partial charge in [-0.3, -0.25) is 0 Å². The van der Waals surface area contributed by atoms with Gasteiger partial charge in [0.2, 0.25) is 0 Å². The van der Waals surface area contributed by atoms with Gasteiger partial charge in [0.05, 0.1) is 0 Å². The molecular formula is C35H41BF4N4O4. The molecule has 1 heterocycles. The standard InChI is InChI=1S/C35H41BF4N4O4/c1-7-23(3)31(29-12-9-19-44(29)32(36-47-22-41)43-33(45)48-34(4,5)6)42-28(8-2)25-15-18-30(27(21-25)35(38,39)40)46-20-10-11-24-13-16-26(37)17-14-24/h8,10-11,13-18,21,23,29H,7,9,12,19-20H2,1-6H3,(H,43,45)/b11-10+,28-8-,42-31?. The van der Waals surface area contributed by atoms with Crippen molar-refractivity contribution in [2.24, 2.45) is 10.9 Å². The predicted molar refractivity (Wildman–Crippen MR) is 179 cm³/mol. The molecule has 8 nitrogen and oxygen atoms in total. The summed E-state index contributed by atoms with van der Waals surface area (Å²) in [6.07, 6.45) is 3.04. The number of likely N-dealkylation sites (tertiary alicyclic amines) is 1. The minimum absolute atomic E-state index is 0.0807. The van der Waals surface area contributed by atoms with Gasteiger partial charge in [-0.1, -0.05) is 18.2 Å². The molecule has 0 saturated carbocycles. The van der Waals surface area contributed by atoms with Gasteiger partial charge < -0.3 is 0 Å². The van der Waals surface area contributed by atoms with E-state index in [0.29, 0.717) is 36.4 Å². The summed E-state index contributed by atoms with van der Waals surface area (Å²) < 4.78 is 71.7. The normalized spacial score (nSPS) is 16.7. The molecule has 0 radical (unpaired) electrons. The van der Waals surface area contributed by atoms with Crippen molar-refractivity contribution in [3.8, 4) is 12.0 Å². The van der Waals surface area contributed by atoms with Gasteiger partial charge in [0.25, 0.3) is 0 Å². The maximum absolute atomic E-state index is 14.3. The van der Waals surface area contributed by atoms with Gasteiger partial charge in [-0.2, -0.15) is 0 Å². The number of carbonyl (C=O) groups excluding carboxylic acids is 1. The Hall–Kier alpha value is -4.60. The van der Waals surface area contributed by atoms with Crippen LogP contribution in [0, 0.1) is 23.3 Å². The predicted octanol–water partition coefficient (Wildman–Crippen LogP) is 7.98. The molecule has 2 unspecified atom stereocenters. The summed E-state index contributed by atoms with van der Waals surface area (Å²) in [7, 11) is 1.14. The van der Waals surface area contributed by atoms with Crippen molar-refractivity contribution < 1.29 is 36.5 Å². The Kier molecular flexibility index (Phi) is 13.4. The number of alkyl carbamates (subject to hydrolysis) is 1. The van der Waals surface area contributed by atoms with E-state index in [1.807, 2.05) is 18.7 Å². The first-order valence-electron chi connectivity index (χ1n) is 15.7. The number of nitrogens with zero attached hydrogens (tertiary/aromatic N) is 3. The van der Waals surface area contributed by atoms with Crippen LogP contribution < -0.4 is 10.1 Å². The van der Waals surface area contributed by atoms with E-state index in [-0.39, 0.29) is 41.4 Å². The summed E-state index contributed by atoms with van der Waals surface area (Å²) in [5, 5.41) is 11.7. The second-order valence-corrected chi connectivity index (χ2v) is 12.2. The van der Waals surface area contributed by atoms with Crippen molar-refractivity contribution in [2.45, 2.75) is 78.6 Å². The molecular weight excluding hydrogens is 627 g/mol. The number of nitriles is 1. The fourth-order valence-electron chi connectivity index (χ4n) is 5.11. The topological polar surface area (TPSA) is 96.2 Å². The van der Waals surface area contributed by atoms with E-state index >= 15 is 0 Å². The van der Waals surface area contributed by atoms with E-state index in [9.17, 15) is 22.4 Å². The Morgan fingerprint density at radius 1 is 1.21 bits per heavy atom. The van der Waals surface area contributed by atoms with Gasteiger partial charge in [0.15, 0.2) is 0 Å². The molecule has 2 aromatic carbocycles. The molecule has 2 atom stereocenters. The SMILES string of the molecule is C/C=C(\N=C(C(C)CC)C1CCCN1C(=BOC#N)NC(=O)OC(C)(C)C)c1ccc(OC/C=C/c2ccc(F)cc2)c(C(F)(F)F)c1. The average molecular weight is 669 g/mol. The molecule has 2 aromatic rings. The third-order valence-corrected chi connectivity index (χ3v) is 7.49. The number of nitrogens with one attached hydrogen (secondary N) is 1. The molecule has 48 heavy (non-hydrogen) atoms. The number of halogens is 4. The zero-order valence-corrected chi connectivity index (χ0v) is 28.0. The zero-order chi connectivity index (χ0) is 35.5. The van der Waals surface area contributed by atoms with Gasteiger partial charge in [-0.15, -0.1) is 0 Å². The number of carbonyl (C=O) groups is 1. The fraction of sp³-hybridized carbons (Fsp3) is 0.429. The van der Waals surface area contributed by atoms with Crippen molar-refractivity contribution in [2.75, 3.05) is 13.2 Å². The number of alkyl halides is 3. The molecule has 1 saturated heterocycles. The molecule has 3 rings (SSSR count). The number of amides is 1. The molecule has 1 N–H and O–H groups in total. The molecule has 0 bridgehead atoms. The van der Waals surface area contributed by atoms with Crippen LogP contribution in [0.15, 0.2) is 59.6 Å². The van der Waals surface area contributed by atoms with Gasteiger partial charge in [0, 0.05) is 0 Å². The minimum atomic E-state index is -4.70. The number of rotatable bonds is 12. The van der Waals surface area contributed by atoms with E-state index < -0.39 is 23.4 Å². The second kappa shape index (κ2) is 17.0. The van der Waals surface area contributed by atoms with Crippen LogP contribution in [-0.2, 0) is 15.6 Å². The fourth-order valence-corrected chi connectivity index (χ4v) is 5.11. The van der Waals surface area contributed by atoms with Gasteiger partial charge in [-0.05, 0) is 23.8 Å². The molecule has 1 aliphatic rings. The molecule has 0 spiro atoms. The van der Waals surface area contributed by atoms with Crippen molar-refractivity contribution in [1.29, 1.82) is 5.26 Å². The van der Waals surface area contributed by atoms with Gasteiger partial charge >= 0.3 is 228 Å². The monoisotopic (exact) mass is 668 g/mol. The Balaban J connectivity index is 1.94. The van der Waals surface area contributed by atoms with Crippen molar-refractivity contribution >= 4 is 36.4 Å². The average Bonchev–Trinajstić information content (AvgIpc) is 3.50. The molecule has 13 heteroatoms. The zero-order valence-electron chi connectivity index (χ0n) is 28.0. The number of aliphatic imine (C=N–C) groups is 1. The van der Waals surface area contributed by atoms with Crippen molar-refractivity contribution in [3.05, 3.63) is 77.1 Å². The molecule has 1 aliphatic heterocycles. The summed E-state index contributed by atoms with van der Waals surface area (Å²) in [5.74, 6) is -0.802. The number of benzene rings is 2. The summed E-state index contributed by atoms with van der Waals surface area (Å²) in [4.78, 5) is 19.5. The van der Waals surface area contributed by atoms with Gasteiger partial charge in [-0.25, -0.2) is 4.39 Å². The van der Waals surface area contributed by atoms with Crippen LogP contribution in [-0.4, -0.2) is 54.3 Å². The first-order chi connectivity index (χ1) is 22.7. The molecule has 0 aromatic heterocycles.